The fourth-order valence-corrected chi connectivity index (χ4v) is 4.85. The molecule has 5 atom stereocenters. The molecule has 2 fully saturated rings. The summed E-state index contributed by atoms with van der Waals surface area (Å²) in [6.45, 7) is 0. The van der Waals surface area contributed by atoms with E-state index >= 15 is 0 Å². The zero-order chi connectivity index (χ0) is 13.4. The van der Waals surface area contributed by atoms with Gasteiger partial charge in [0.25, 0.3) is 0 Å². The number of hydrogen-bond acceptors (Lipinski definition) is 6. The molecule has 100 valence electrons. The Bertz CT molecular complexity index is 502. The van der Waals surface area contributed by atoms with Gasteiger partial charge < -0.3 is 14.9 Å². The van der Waals surface area contributed by atoms with Crippen molar-refractivity contribution >= 4 is 23.5 Å². The Morgan fingerprint density at radius 3 is 2.68 bits per heavy atom. The minimum absolute atomic E-state index is 0.0362. The number of aliphatic hydroxyl groups excluding tert-OH is 2. The summed E-state index contributed by atoms with van der Waals surface area (Å²) < 4.78 is 5.75. The summed E-state index contributed by atoms with van der Waals surface area (Å²) in [4.78, 5) is 0.947. The molecular formula is C13H13NO3S2. The number of benzene rings is 1. The van der Waals surface area contributed by atoms with Crippen LogP contribution in [0.2, 0.25) is 0 Å². The first-order chi connectivity index (χ1) is 9.19. The Morgan fingerprint density at radius 2 is 2.05 bits per heavy atom. The summed E-state index contributed by atoms with van der Waals surface area (Å²) >= 11 is 3.00. The summed E-state index contributed by atoms with van der Waals surface area (Å²) in [5, 5.41) is 28.7. The Balaban J connectivity index is 1.69. The van der Waals surface area contributed by atoms with Crippen molar-refractivity contribution in [2.45, 2.75) is 33.9 Å². The molecule has 0 amide bonds. The molecule has 2 N–H and O–H groups in total. The summed E-state index contributed by atoms with van der Waals surface area (Å²) in [7, 11) is 0. The molecule has 2 aliphatic rings. The Labute approximate surface area is 119 Å². The van der Waals surface area contributed by atoms with E-state index < -0.39 is 12.2 Å². The average Bonchev–Trinajstić information content (AvgIpc) is 2.93. The molecule has 0 aromatic heterocycles. The lowest BCUT2D eigenvalue weighted by molar-refractivity contribution is 0.00137. The molecule has 0 bridgehead atoms. The third-order valence-corrected chi connectivity index (χ3v) is 5.94. The van der Waals surface area contributed by atoms with Crippen molar-refractivity contribution in [3.63, 3.8) is 0 Å². The van der Waals surface area contributed by atoms with Gasteiger partial charge in [0.15, 0.2) is 0 Å². The molecule has 2 aliphatic heterocycles. The third-order valence-electron chi connectivity index (χ3n) is 3.30. The van der Waals surface area contributed by atoms with Gasteiger partial charge in [-0.05, 0) is 24.3 Å². The molecule has 3 rings (SSSR count). The molecule has 0 spiro atoms. The fourth-order valence-electron chi connectivity index (χ4n) is 2.31. The molecular weight excluding hydrogens is 282 g/mol. The van der Waals surface area contributed by atoms with Crippen LogP contribution in [0.1, 0.15) is 5.56 Å². The maximum Gasteiger partial charge on any atom is 0.135 e. The average molecular weight is 295 g/mol. The Morgan fingerprint density at radius 1 is 1.32 bits per heavy atom. The number of hydrogen-bond donors (Lipinski definition) is 2. The summed E-state index contributed by atoms with van der Waals surface area (Å²) in [6, 6.07) is 9.25. The number of ether oxygens (including phenoxy) is 1. The van der Waals surface area contributed by atoms with Crippen LogP contribution in [0.4, 0.5) is 0 Å². The molecule has 4 nitrogen and oxygen atoms in total. The second kappa shape index (κ2) is 5.35. The lowest BCUT2D eigenvalue weighted by Crippen LogP contribution is -2.29. The lowest BCUT2D eigenvalue weighted by Gasteiger charge is -2.16. The smallest absolute Gasteiger partial charge is 0.135 e. The van der Waals surface area contributed by atoms with Gasteiger partial charge in [-0.1, -0.05) is 11.8 Å². The number of aliphatic hydroxyl groups is 2. The van der Waals surface area contributed by atoms with Crippen molar-refractivity contribution in [3.8, 4) is 6.07 Å². The van der Waals surface area contributed by atoms with Gasteiger partial charge in [-0.15, -0.1) is 0 Å². The molecule has 0 aliphatic carbocycles. The Kier molecular flexibility index (Phi) is 3.74. The van der Waals surface area contributed by atoms with Crippen molar-refractivity contribution in [1.29, 1.82) is 5.26 Å². The zero-order valence-electron chi connectivity index (χ0n) is 9.97. The summed E-state index contributed by atoms with van der Waals surface area (Å²) in [5.41, 5.74) is 0.255. The monoisotopic (exact) mass is 295 g/mol. The SMILES string of the molecule is N#Cc1ccc(S[C@@H]2O[C@H]3[C@H](SC[C@H]3O)[C@H]2O)cc1. The molecule has 2 saturated heterocycles. The first-order valence-electron chi connectivity index (χ1n) is 5.99. The molecule has 19 heavy (non-hydrogen) atoms. The van der Waals surface area contributed by atoms with E-state index in [2.05, 4.69) is 6.07 Å². The standard InChI is InChI=1S/C13H13NO3S2/c14-5-7-1-3-8(4-2-7)19-13-10(16)12-11(17-13)9(15)6-18-12/h1-4,9-13,15-16H,6H2/t9-,10-,11-,12-,13+/m1/s1. The van der Waals surface area contributed by atoms with Crippen LogP contribution < -0.4 is 0 Å². The van der Waals surface area contributed by atoms with Crippen LogP contribution in [-0.4, -0.2) is 45.0 Å². The normalized spacial score (nSPS) is 37.0. The van der Waals surface area contributed by atoms with E-state index in [0.29, 0.717) is 11.3 Å². The number of nitriles is 1. The van der Waals surface area contributed by atoms with Gasteiger partial charge in [0.1, 0.15) is 17.6 Å². The van der Waals surface area contributed by atoms with E-state index in [1.165, 1.54) is 11.8 Å². The number of nitrogens with zero attached hydrogens (tertiary/aromatic N) is 1. The van der Waals surface area contributed by atoms with Crippen LogP contribution >= 0.6 is 23.5 Å². The van der Waals surface area contributed by atoms with Gasteiger partial charge in [0.2, 0.25) is 0 Å². The Hall–Kier alpha value is -0.710. The second-order valence-corrected chi connectivity index (χ2v) is 6.96. The van der Waals surface area contributed by atoms with Gasteiger partial charge in [0.05, 0.1) is 23.0 Å². The van der Waals surface area contributed by atoms with Crippen LogP contribution in [0, 0.1) is 11.3 Å². The highest BCUT2D eigenvalue weighted by atomic mass is 32.2. The minimum atomic E-state index is -0.576. The van der Waals surface area contributed by atoms with Crippen LogP contribution in [0.15, 0.2) is 29.2 Å². The van der Waals surface area contributed by atoms with Crippen molar-refractivity contribution in [2.24, 2.45) is 0 Å². The molecule has 1 aromatic carbocycles. The maximum atomic E-state index is 10.2. The molecule has 6 heteroatoms. The van der Waals surface area contributed by atoms with Gasteiger partial charge in [0, 0.05) is 10.6 Å². The third kappa shape index (κ3) is 2.49. The highest BCUT2D eigenvalue weighted by Gasteiger charge is 2.51. The predicted molar refractivity (Wildman–Crippen MR) is 73.9 cm³/mol. The van der Waals surface area contributed by atoms with Crippen LogP contribution in [0.5, 0.6) is 0 Å². The topological polar surface area (TPSA) is 73.5 Å². The predicted octanol–water partition coefficient (Wildman–Crippen LogP) is 1.21. The molecule has 0 saturated carbocycles. The van der Waals surface area contributed by atoms with E-state index in [4.69, 9.17) is 10.00 Å². The fraction of sp³-hybridized carbons (Fsp3) is 0.462. The lowest BCUT2D eigenvalue weighted by atomic mass is 10.1. The number of rotatable bonds is 2. The first-order valence-corrected chi connectivity index (χ1v) is 7.92. The quantitative estimate of drug-likeness (QED) is 0.854. The minimum Gasteiger partial charge on any atom is -0.390 e. The van der Waals surface area contributed by atoms with E-state index in [0.717, 1.165) is 4.90 Å². The highest BCUT2D eigenvalue weighted by Crippen LogP contribution is 2.44. The van der Waals surface area contributed by atoms with Crippen molar-refractivity contribution in [2.75, 3.05) is 5.75 Å². The maximum absolute atomic E-state index is 10.2. The zero-order valence-corrected chi connectivity index (χ0v) is 11.6. The van der Waals surface area contributed by atoms with E-state index in [1.807, 2.05) is 12.1 Å². The molecule has 0 radical (unpaired) electrons. The van der Waals surface area contributed by atoms with Crippen LogP contribution in [0.3, 0.4) is 0 Å². The van der Waals surface area contributed by atoms with Gasteiger partial charge in [-0.25, -0.2) is 0 Å². The molecule has 2 heterocycles. The second-order valence-electron chi connectivity index (χ2n) is 4.58. The van der Waals surface area contributed by atoms with Crippen molar-refractivity contribution in [3.05, 3.63) is 29.8 Å². The van der Waals surface area contributed by atoms with Gasteiger partial charge >= 0.3 is 0 Å². The number of fused-ring (bicyclic) bond motifs is 1. The van der Waals surface area contributed by atoms with E-state index in [9.17, 15) is 10.2 Å². The van der Waals surface area contributed by atoms with E-state index in [1.54, 1.807) is 23.9 Å². The molecule has 0 unspecified atom stereocenters. The van der Waals surface area contributed by atoms with Gasteiger partial charge in [-0.2, -0.15) is 17.0 Å². The highest BCUT2D eigenvalue weighted by molar-refractivity contribution is 8.01. The van der Waals surface area contributed by atoms with Crippen LogP contribution in [0.25, 0.3) is 0 Å². The molecule has 1 aromatic rings. The largest absolute Gasteiger partial charge is 0.390 e. The van der Waals surface area contributed by atoms with Crippen molar-refractivity contribution in [1.82, 2.24) is 0 Å². The first kappa shape index (κ1) is 13.3. The summed E-state index contributed by atoms with van der Waals surface area (Å²) in [5.74, 6) is 0.626. The van der Waals surface area contributed by atoms with Crippen LogP contribution in [-0.2, 0) is 4.74 Å². The van der Waals surface area contributed by atoms with Gasteiger partial charge in [-0.3, -0.25) is 0 Å². The van der Waals surface area contributed by atoms with Crippen molar-refractivity contribution < 1.29 is 14.9 Å². The van der Waals surface area contributed by atoms with E-state index in [-0.39, 0.29) is 16.8 Å². The summed E-state index contributed by atoms with van der Waals surface area (Å²) in [6.07, 6.45) is -1.33. The number of thioether (sulfide) groups is 2.